The molecule has 2 saturated heterocycles. The third-order valence-electron chi connectivity index (χ3n) is 11.0. The van der Waals surface area contributed by atoms with Crippen LogP contribution in [-0.4, -0.2) is 79.2 Å². The SMILES string of the molecule is CN(C)S(=O)(=O)c1ccc(N=C2NN(C3(CC#N)CCN(C(=O)C45CC6CC(CC(C6)C4)C5)CC3)C3=CC=NC(=O)C32)cc1. The third-order valence-corrected chi connectivity index (χ3v) is 12.8. The van der Waals surface area contributed by atoms with Gasteiger partial charge in [0.1, 0.15) is 11.8 Å². The van der Waals surface area contributed by atoms with Crippen LogP contribution in [0.1, 0.15) is 57.8 Å². The molecule has 0 spiro atoms. The zero-order valence-electron chi connectivity index (χ0n) is 25.3. The van der Waals surface area contributed by atoms with Gasteiger partial charge in [-0.2, -0.15) is 5.26 Å². The number of carbonyl (C=O) groups is 2. The van der Waals surface area contributed by atoms with Crippen molar-refractivity contribution >= 4 is 39.6 Å². The summed E-state index contributed by atoms with van der Waals surface area (Å²) in [4.78, 5) is 38.1. The van der Waals surface area contributed by atoms with Gasteiger partial charge in [0.05, 0.1) is 39.7 Å². The lowest BCUT2D eigenvalue weighted by atomic mass is 9.49. The minimum Gasteiger partial charge on any atom is -0.342 e. The number of carbonyl (C=O) groups excluding carboxylic acids is 2. The van der Waals surface area contributed by atoms with Gasteiger partial charge in [-0.15, -0.1) is 0 Å². The lowest BCUT2D eigenvalue weighted by molar-refractivity contribution is -0.160. The highest BCUT2D eigenvalue weighted by Gasteiger charge is 2.57. The van der Waals surface area contributed by atoms with Crippen LogP contribution in [0.4, 0.5) is 5.69 Å². The van der Waals surface area contributed by atoms with Crippen LogP contribution >= 0.6 is 0 Å². The van der Waals surface area contributed by atoms with E-state index in [9.17, 15) is 23.3 Å². The van der Waals surface area contributed by atoms with Crippen molar-refractivity contribution in [1.82, 2.24) is 19.6 Å². The number of nitrogens with zero attached hydrogens (tertiary/aromatic N) is 6. The summed E-state index contributed by atoms with van der Waals surface area (Å²) in [5, 5.41) is 11.9. The molecule has 7 aliphatic rings. The first-order valence-corrected chi connectivity index (χ1v) is 17.1. The zero-order chi connectivity index (χ0) is 30.9. The van der Waals surface area contributed by atoms with Gasteiger partial charge >= 0.3 is 0 Å². The molecule has 2 amide bonds. The molecule has 4 saturated carbocycles. The second-order valence-corrected chi connectivity index (χ2v) is 16.1. The number of hydrogen-bond donors (Lipinski definition) is 1. The summed E-state index contributed by atoms with van der Waals surface area (Å²) in [5.74, 6) is 1.67. The Balaban J connectivity index is 1.13. The fourth-order valence-electron chi connectivity index (χ4n) is 9.17. The standard InChI is InChI=1S/C32H39N7O4S/c1-37(2)44(42,43)25-5-3-24(4-6-25)35-28-27-26(7-12-34-29(27)40)39(36-28)32(8-11-33)9-13-38(14-10-32)30(41)31-18-21-15-22(19-31)17-23(16-21)20-31/h3-7,12,21-23,27H,8-10,13-20H2,1-2H3,(H,35,36). The minimum absolute atomic E-state index is 0.147. The molecule has 1 aromatic carbocycles. The number of rotatable bonds is 6. The fourth-order valence-corrected chi connectivity index (χ4v) is 10.1. The van der Waals surface area contributed by atoms with E-state index in [0.717, 1.165) is 23.6 Å². The van der Waals surface area contributed by atoms with E-state index in [1.807, 2.05) is 5.01 Å². The van der Waals surface area contributed by atoms with Crippen molar-refractivity contribution in [3.8, 4) is 6.07 Å². The molecule has 0 radical (unpaired) electrons. The third kappa shape index (κ3) is 4.67. The first kappa shape index (κ1) is 29.2. The van der Waals surface area contributed by atoms with E-state index in [2.05, 4.69) is 21.4 Å². The maximum Gasteiger partial charge on any atom is 0.262 e. The van der Waals surface area contributed by atoms with Crippen LogP contribution in [0.3, 0.4) is 0 Å². The van der Waals surface area contributed by atoms with Crippen LogP contribution in [-0.2, 0) is 19.6 Å². The molecule has 3 heterocycles. The number of hydrogen-bond acceptors (Lipinski definition) is 7. The van der Waals surface area contributed by atoms with Crippen LogP contribution in [0.15, 0.2) is 50.9 Å². The first-order valence-electron chi connectivity index (χ1n) is 15.7. The number of nitriles is 1. The molecule has 6 fully saturated rings. The Morgan fingerprint density at radius 3 is 2.27 bits per heavy atom. The van der Waals surface area contributed by atoms with Gasteiger partial charge in [0.15, 0.2) is 0 Å². The molecule has 4 aliphatic carbocycles. The van der Waals surface area contributed by atoms with Gasteiger partial charge in [-0.05, 0) is 99.5 Å². The summed E-state index contributed by atoms with van der Waals surface area (Å²) in [5.41, 5.74) is 3.70. The van der Waals surface area contributed by atoms with E-state index >= 15 is 0 Å². The van der Waals surface area contributed by atoms with E-state index in [4.69, 9.17) is 4.99 Å². The number of amides is 2. The molecule has 3 aliphatic heterocycles. The normalized spacial score (nSPS) is 32.9. The van der Waals surface area contributed by atoms with Crippen molar-refractivity contribution in [2.45, 2.75) is 68.2 Å². The number of piperidine rings is 1. The van der Waals surface area contributed by atoms with Crippen LogP contribution < -0.4 is 5.43 Å². The summed E-state index contributed by atoms with van der Waals surface area (Å²) < 4.78 is 26.2. The monoisotopic (exact) mass is 617 g/mol. The summed E-state index contributed by atoms with van der Waals surface area (Å²) >= 11 is 0. The molecular weight excluding hydrogens is 578 g/mol. The lowest BCUT2D eigenvalue weighted by Gasteiger charge is -2.57. The van der Waals surface area contributed by atoms with Crippen molar-refractivity contribution in [2.75, 3.05) is 27.2 Å². The van der Waals surface area contributed by atoms with Crippen LogP contribution in [0.25, 0.3) is 0 Å². The van der Waals surface area contributed by atoms with Gasteiger partial charge in [0, 0.05) is 33.4 Å². The highest BCUT2D eigenvalue weighted by atomic mass is 32.2. The Morgan fingerprint density at radius 1 is 1.09 bits per heavy atom. The predicted octanol–water partition coefficient (Wildman–Crippen LogP) is 3.39. The highest BCUT2D eigenvalue weighted by Crippen LogP contribution is 2.60. The number of hydrazine groups is 1. The Morgan fingerprint density at radius 2 is 1.70 bits per heavy atom. The maximum absolute atomic E-state index is 14.1. The summed E-state index contributed by atoms with van der Waals surface area (Å²) in [6.07, 6.45) is 11.6. The lowest BCUT2D eigenvalue weighted by Crippen LogP contribution is -2.61. The summed E-state index contributed by atoms with van der Waals surface area (Å²) in [6.45, 7) is 1.13. The Bertz CT molecular complexity index is 1580. The molecule has 1 aromatic rings. The quantitative estimate of drug-likeness (QED) is 0.516. The largest absolute Gasteiger partial charge is 0.342 e. The number of likely N-dealkylation sites (tertiary alicyclic amines) is 1. The number of fused-ring (bicyclic) bond motifs is 1. The molecular formula is C32H39N7O4S. The van der Waals surface area contributed by atoms with E-state index in [0.29, 0.717) is 66.8 Å². The van der Waals surface area contributed by atoms with E-state index < -0.39 is 21.5 Å². The Labute approximate surface area is 258 Å². The topological polar surface area (TPSA) is 139 Å². The Kier molecular flexibility index (Phi) is 6.97. The minimum atomic E-state index is -3.59. The van der Waals surface area contributed by atoms with Gasteiger partial charge in [0.25, 0.3) is 5.91 Å². The average molecular weight is 618 g/mol. The molecule has 44 heavy (non-hydrogen) atoms. The molecule has 12 heteroatoms. The van der Waals surface area contributed by atoms with E-state index in [1.54, 1.807) is 18.2 Å². The van der Waals surface area contributed by atoms with Gasteiger partial charge in [-0.1, -0.05) is 0 Å². The van der Waals surface area contributed by atoms with Crippen molar-refractivity contribution in [2.24, 2.45) is 39.1 Å². The maximum atomic E-state index is 14.1. The predicted molar refractivity (Wildman–Crippen MR) is 164 cm³/mol. The smallest absolute Gasteiger partial charge is 0.262 e. The highest BCUT2D eigenvalue weighted by molar-refractivity contribution is 7.89. The van der Waals surface area contributed by atoms with E-state index in [1.165, 1.54) is 51.7 Å². The van der Waals surface area contributed by atoms with Crippen molar-refractivity contribution in [1.29, 1.82) is 5.26 Å². The number of allylic oxidation sites excluding steroid dienone is 1. The van der Waals surface area contributed by atoms with Gasteiger partial charge < -0.3 is 4.90 Å². The molecule has 8 rings (SSSR count). The summed E-state index contributed by atoms with van der Waals surface area (Å²) in [7, 11) is -0.638. The van der Waals surface area contributed by atoms with E-state index in [-0.39, 0.29) is 22.6 Å². The van der Waals surface area contributed by atoms with Crippen molar-refractivity contribution in [3.05, 3.63) is 36.0 Å². The fraction of sp³-hybridized carbons (Fsp3) is 0.594. The number of benzene rings is 1. The molecule has 1 unspecified atom stereocenters. The second kappa shape index (κ2) is 10.5. The van der Waals surface area contributed by atoms with Gasteiger partial charge in [-0.25, -0.2) is 22.7 Å². The molecule has 1 N–H and O–H groups in total. The number of dihydropyridines is 1. The Hall–Kier alpha value is -3.56. The number of aliphatic imine (C=N–C) groups is 2. The number of nitrogens with one attached hydrogen (secondary N) is 1. The van der Waals surface area contributed by atoms with Gasteiger partial charge in [0.2, 0.25) is 15.9 Å². The zero-order valence-corrected chi connectivity index (χ0v) is 26.1. The molecule has 232 valence electrons. The molecule has 11 nitrogen and oxygen atoms in total. The average Bonchev–Trinajstić information content (AvgIpc) is 3.37. The molecule has 1 atom stereocenters. The first-order chi connectivity index (χ1) is 21.0. The van der Waals surface area contributed by atoms with Crippen LogP contribution in [0.2, 0.25) is 0 Å². The molecule has 4 bridgehead atoms. The van der Waals surface area contributed by atoms with Crippen LogP contribution in [0.5, 0.6) is 0 Å². The summed E-state index contributed by atoms with van der Waals surface area (Å²) in [6, 6.07) is 8.57. The molecule has 0 aromatic heterocycles. The van der Waals surface area contributed by atoms with Crippen LogP contribution in [0, 0.1) is 40.4 Å². The second-order valence-electron chi connectivity index (χ2n) is 13.9. The van der Waals surface area contributed by atoms with Gasteiger partial charge in [-0.3, -0.25) is 20.0 Å². The number of sulfonamides is 1. The van der Waals surface area contributed by atoms with Crippen molar-refractivity contribution in [3.63, 3.8) is 0 Å². The number of amidine groups is 1. The van der Waals surface area contributed by atoms with Crippen molar-refractivity contribution < 1.29 is 18.0 Å².